The SMILES string of the molecule is CN1CCCC(CNC2(C)CCN(C(=O)OC(C)(C)C)CC2)C1. The van der Waals surface area contributed by atoms with Crippen molar-refractivity contribution in [1.82, 2.24) is 15.1 Å². The molecular formula is C18H35N3O2. The van der Waals surface area contributed by atoms with Crippen LogP contribution >= 0.6 is 0 Å². The molecular weight excluding hydrogens is 290 g/mol. The van der Waals surface area contributed by atoms with E-state index in [2.05, 4.69) is 24.2 Å². The van der Waals surface area contributed by atoms with Crippen LogP contribution in [0.3, 0.4) is 0 Å². The van der Waals surface area contributed by atoms with Crippen LogP contribution in [0.2, 0.25) is 0 Å². The number of ether oxygens (including phenoxy) is 1. The van der Waals surface area contributed by atoms with Gasteiger partial charge in [0.25, 0.3) is 0 Å². The third-order valence-electron chi connectivity index (χ3n) is 5.06. The summed E-state index contributed by atoms with van der Waals surface area (Å²) in [5.74, 6) is 0.759. The average Bonchev–Trinajstić information content (AvgIpc) is 2.44. The maximum Gasteiger partial charge on any atom is 0.410 e. The van der Waals surface area contributed by atoms with E-state index >= 15 is 0 Å². The topological polar surface area (TPSA) is 44.8 Å². The van der Waals surface area contributed by atoms with Gasteiger partial charge in [-0.3, -0.25) is 0 Å². The Morgan fingerprint density at radius 3 is 2.48 bits per heavy atom. The van der Waals surface area contributed by atoms with Crippen LogP contribution < -0.4 is 5.32 Å². The van der Waals surface area contributed by atoms with Crippen molar-refractivity contribution < 1.29 is 9.53 Å². The van der Waals surface area contributed by atoms with Gasteiger partial charge in [-0.15, -0.1) is 0 Å². The Hall–Kier alpha value is -0.810. The molecule has 2 heterocycles. The third-order valence-corrected chi connectivity index (χ3v) is 5.06. The standard InChI is InChI=1S/C18H35N3O2/c1-17(2,3)23-16(22)21-11-8-18(4,9-12-21)19-13-15-7-6-10-20(5)14-15/h15,19H,6-14H2,1-5H3. The van der Waals surface area contributed by atoms with E-state index in [1.165, 1.54) is 25.9 Å². The Balaban J connectivity index is 1.75. The van der Waals surface area contributed by atoms with Crippen molar-refractivity contribution in [2.75, 3.05) is 39.8 Å². The number of piperidine rings is 2. The van der Waals surface area contributed by atoms with Crippen molar-refractivity contribution >= 4 is 6.09 Å². The molecule has 2 aliphatic rings. The molecule has 2 aliphatic heterocycles. The van der Waals surface area contributed by atoms with E-state index in [4.69, 9.17) is 4.74 Å². The van der Waals surface area contributed by atoms with Crippen molar-refractivity contribution in [3.8, 4) is 0 Å². The van der Waals surface area contributed by atoms with Crippen LogP contribution in [0.4, 0.5) is 4.79 Å². The molecule has 0 saturated carbocycles. The predicted molar refractivity (Wildman–Crippen MR) is 93.7 cm³/mol. The van der Waals surface area contributed by atoms with Gasteiger partial charge < -0.3 is 19.9 Å². The minimum atomic E-state index is -0.414. The van der Waals surface area contributed by atoms with E-state index < -0.39 is 5.60 Å². The highest BCUT2D eigenvalue weighted by atomic mass is 16.6. The van der Waals surface area contributed by atoms with Crippen LogP contribution in [-0.4, -0.2) is 66.8 Å². The summed E-state index contributed by atoms with van der Waals surface area (Å²) in [6, 6.07) is 0. The van der Waals surface area contributed by atoms with Gasteiger partial charge in [0, 0.05) is 25.2 Å². The van der Waals surface area contributed by atoms with Crippen molar-refractivity contribution in [2.24, 2.45) is 5.92 Å². The zero-order chi connectivity index (χ0) is 17.1. The van der Waals surface area contributed by atoms with Gasteiger partial charge in [-0.2, -0.15) is 0 Å². The maximum absolute atomic E-state index is 12.1. The molecule has 2 saturated heterocycles. The lowest BCUT2D eigenvalue weighted by Crippen LogP contribution is -2.54. The van der Waals surface area contributed by atoms with Crippen LogP contribution in [0, 0.1) is 5.92 Å². The van der Waals surface area contributed by atoms with Gasteiger partial charge in [0.1, 0.15) is 5.60 Å². The molecule has 1 N–H and O–H groups in total. The number of likely N-dealkylation sites (tertiary alicyclic amines) is 2. The number of nitrogens with zero attached hydrogens (tertiary/aromatic N) is 2. The van der Waals surface area contributed by atoms with Gasteiger partial charge in [0.15, 0.2) is 0 Å². The summed E-state index contributed by atoms with van der Waals surface area (Å²) in [5.41, 5.74) is -0.266. The van der Waals surface area contributed by atoms with Crippen LogP contribution in [-0.2, 0) is 4.74 Å². The van der Waals surface area contributed by atoms with Gasteiger partial charge in [-0.25, -0.2) is 4.79 Å². The minimum Gasteiger partial charge on any atom is -0.444 e. The third kappa shape index (κ3) is 5.96. The number of hydrogen-bond acceptors (Lipinski definition) is 4. The number of rotatable bonds is 3. The summed E-state index contributed by atoms with van der Waals surface area (Å²) < 4.78 is 5.47. The van der Waals surface area contributed by atoms with Gasteiger partial charge in [0.05, 0.1) is 0 Å². The number of hydrogen-bond donors (Lipinski definition) is 1. The second-order valence-electron chi connectivity index (χ2n) is 8.68. The second kappa shape index (κ2) is 7.39. The fourth-order valence-corrected chi connectivity index (χ4v) is 3.52. The Labute approximate surface area is 141 Å². The quantitative estimate of drug-likeness (QED) is 0.866. The molecule has 0 radical (unpaired) electrons. The van der Waals surface area contributed by atoms with Crippen LogP contribution in [0.5, 0.6) is 0 Å². The van der Waals surface area contributed by atoms with E-state index in [1.54, 1.807) is 0 Å². The molecule has 1 amide bonds. The zero-order valence-electron chi connectivity index (χ0n) is 15.7. The first-order chi connectivity index (χ1) is 10.7. The van der Waals surface area contributed by atoms with Crippen molar-refractivity contribution in [2.45, 2.75) is 64.5 Å². The molecule has 1 unspecified atom stereocenters. The van der Waals surface area contributed by atoms with E-state index in [1.807, 2.05) is 25.7 Å². The van der Waals surface area contributed by atoms with Crippen LogP contribution in [0.15, 0.2) is 0 Å². The number of carbonyl (C=O) groups excluding carboxylic acids is 1. The Morgan fingerprint density at radius 2 is 1.91 bits per heavy atom. The maximum atomic E-state index is 12.1. The Bertz CT molecular complexity index is 398. The first-order valence-electron chi connectivity index (χ1n) is 9.08. The summed E-state index contributed by atoms with van der Waals surface area (Å²) in [6.07, 6.45) is 4.46. The molecule has 5 nitrogen and oxygen atoms in total. The fraction of sp³-hybridized carbons (Fsp3) is 0.944. The van der Waals surface area contributed by atoms with Gasteiger partial charge in [0.2, 0.25) is 0 Å². The number of nitrogens with one attached hydrogen (secondary N) is 1. The summed E-state index contributed by atoms with van der Waals surface area (Å²) in [4.78, 5) is 16.4. The first kappa shape index (κ1) is 18.5. The summed E-state index contributed by atoms with van der Waals surface area (Å²) in [6.45, 7) is 13.1. The van der Waals surface area contributed by atoms with E-state index in [9.17, 15) is 4.79 Å². The highest BCUT2D eigenvalue weighted by molar-refractivity contribution is 5.68. The molecule has 1 atom stereocenters. The summed E-state index contributed by atoms with van der Waals surface area (Å²) >= 11 is 0. The minimum absolute atomic E-state index is 0.147. The van der Waals surface area contributed by atoms with Crippen LogP contribution in [0.25, 0.3) is 0 Å². The highest BCUT2D eigenvalue weighted by Crippen LogP contribution is 2.24. The predicted octanol–water partition coefficient (Wildman–Crippen LogP) is 2.71. The average molecular weight is 325 g/mol. The second-order valence-corrected chi connectivity index (χ2v) is 8.68. The first-order valence-corrected chi connectivity index (χ1v) is 9.08. The molecule has 0 aromatic heterocycles. The molecule has 134 valence electrons. The smallest absolute Gasteiger partial charge is 0.410 e. The number of amides is 1. The fourth-order valence-electron chi connectivity index (χ4n) is 3.52. The molecule has 2 fully saturated rings. The molecule has 0 bridgehead atoms. The lowest BCUT2D eigenvalue weighted by molar-refractivity contribution is 0.0153. The lowest BCUT2D eigenvalue weighted by atomic mass is 9.88. The normalized spacial score (nSPS) is 26.1. The lowest BCUT2D eigenvalue weighted by Gasteiger charge is -2.41. The molecule has 0 aliphatic carbocycles. The molecule has 5 heteroatoms. The van der Waals surface area contributed by atoms with Crippen molar-refractivity contribution in [3.05, 3.63) is 0 Å². The largest absolute Gasteiger partial charge is 0.444 e. The van der Waals surface area contributed by atoms with E-state index in [-0.39, 0.29) is 11.6 Å². The van der Waals surface area contributed by atoms with Crippen LogP contribution in [0.1, 0.15) is 53.4 Å². The monoisotopic (exact) mass is 325 g/mol. The van der Waals surface area contributed by atoms with Crippen molar-refractivity contribution in [1.29, 1.82) is 0 Å². The molecule has 0 spiro atoms. The van der Waals surface area contributed by atoms with Crippen molar-refractivity contribution in [3.63, 3.8) is 0 Å². The van der Waals surface area contributed by atoms with E-state index in [0.29, 0.717) is 0 Å². The Morgan fingerprint density at radius 1 is 1.26 bits per heavy atom. The molecule has 0 aromatic rings. The zero-order valence-corrected chi connectivity index (χ0v) is 15.7. The number of carbonyl (C=O) groups is 1. The Kier molecular flexibility index (Phi) is 5.95. The molecule has 0 aromatic carbocycles. The molecule has 2 rings (SSSR count). The summed E-state index contributed by atoms with van der Waals surface area (Å²) in [7, 11) is 2.22. The van der Waals surface area contributed by atoms with Gasteiger partial charge in [-0.1, -0.05) is 0 Å². The van der Waals surface area contributed by atoms with E-state index in [0.717, 1.165) is 38.4 Å². The van der Waals surface area contributed by atoms with Gasteiger partial charge in [-0.05, 0) is 79.4 Å². The summed E-state index contributed by atoms with van der Waals surface area (Å²) in [5, 5.41) is 3.79. The highest BCUT2D eigenvalue weighted by Gasteiger charge is 2.33. The molecule has 23 heavy (non-hydrogen) atoms. The van der Waals surface area contributed by atoms with Gasteiger partial charge >= 0.3 is 6.09 Å².